The number of carbonyl (C=O) groups is 1. The largest absolute Gasteiger partial charge is 0.497 e. The van der Waals surface area contributed by atoms with Gasteiger partial charge in [0, 0.05) is 17.0 Å². The lowest BCUT2D eigenvalue weighted by atomic mass is 10.1. The van der Waals surface area contributed by atoms with E-state index in [-0.39, 0.29) is 5.91 Å². The third-order valence-corrected chi connectivity index (χ3v) is 4.22. The Morgan fingerprint density at radius 1 is 1.07 bits per heavy atom. The summed E-state index contributed by atoms with van der Waals surface area (Å²) >= 11 is 0. The number of pyridine rings is 1. The third kappa shape index (κ3) is 4.06. The number of aryl methyl sites for hydroxylation is 2. The van der Waals surface area contributed by atoms with E-state index in [2.05, 4.69) is 15.5 Å². The zero-order chi connectivity index (χ0) is 19.4. The molecule has 0 fully saturated rings. The van der Waals surface area contributed by atoms with Gasteiger partial charge in [0.1, 0.15) is 11.5 Å². The average molecular weight is 363 g/mol. The maximum absolute atomic E-state index is 12.5. The van der Waals surface area contributed by atoms with E-state index in [1.807, 2.05) is 38.1 Å². The molecule has 0 aliphatic rings. The summed E-state index contributed by atoms with van der Waals surface area (Å²) in [5.41, 5.74) is 6.40. The van der Waals surface area contributed by atoms with Crippen LogP contribution >= 0.6 is 0 Å². The second kappa shape index (κ2) is 7.86. The van der Waals surface area contributed by atoms with Gasteiger partial charge in [0.05, 0.1) is 37.2 Å². The lowest BCUT2D eigenvalue weighted by Gasteiger charge is -2.08. The Kier molecular flexibility index (Phi) is 5.35. The first-order chi connectivity index (χ1) is 13.0. The van der Waals surface area contributed by atoms with Crippen LogP contribution in [0.5, 0.6) is 11.5 Å². The van der Waals surface area contributed by atoms with E-state index < -0.39 is 0 Å². The Labute approximate surface area is 157 Å². The minimum absolute atomic E-state index is 0.313. The quantitative estimate of drug-likeness (QED) is 0.555. The SMILES string of the molecule is COc1ccc(/C=N/NC(=O)c2cc3cc(C)ccc3nc2C)c(OC)c1. The molecule has 0 saturated carbocycles. The third-order valence-electron chi connectivity index (χ3n) is 4.22. The van der Waals surface area contributed by atoms with Gasteiger partial charge >= 0.3 is 0 Å². The molecule has 3 aromatic rings. The van der Waals surface area contributed by atoms with Gasteiger partial charge in [-0.15, -0.1) is 0 Å². The highest BCUT2D eigenvalue weighted by molar-refractivity contribution is 5.99. The van der Waals surface area contributed by atoms with Crippen LogP contribution < -0.4 is 14.9 Å². The monoisotopic (exact) mass is 363 g/mol. The molecule has 6 heteroatoms. The molecule has 1 heterocycles. The van der Waals surface area contributed by atoms with Crippen LogP contribution in [0, 0.1) is 13.8 Å². The number of amides is 1. The van der Waals surface area contributed by atoms with Gasteiger partial charge in [-0.2, -0.15) is 5.10 Å². The zero-order valence-corrected chi connectivity index (χ0v) is 15.7. The summed E-state index contributed by atoms with van der Waals surface area (Å²) in [6.07, 6.45) is 1.53. The summed E-state index contributed by atoms with van der Waals surface area (Å²) < 4.78 is 10.5. The van der Waals surface area contributed by atoms with Crippen LogP contribution in [-0.4, -0.2) is 31.3 Å². The highest BCUT2D eigenvalue weighted by Crippen LogP contribution is 2.23. The van der Waals surface area contributed by atoms with Gasteiger partial charge < -0.3 is 9.47 Å². The smallest absolute Gasteiger partial charge is 0.273 e. The molecule has 0 unspecified atom stereocenters. The van der Waals surface area contributed by atoms with Gasteiger partial charge in [0.25, 0.3) is 5.91 Å². The summed E-state index contributed by atoms with van der Waals surface area (Å²) in [4.78, 5) is 17.0. The van der Waals surface area contributed by atoms with E-state index in [0.717, 1.165) is 22.0 Å². The number of hydrazone groups is 1. The molecule has 0 bridgehead atoms. The number of carbonyl (C=O) groups excluding carboxylic acids is 1. The van der Waals surface area contributed by atoms with Crippen LogP contribution in [0.4, 0.5) is 0 Å². The van der Waals surface area contributed by atoms with Gasteiger partial charge in [-0.3, -0.25) is 9.78 Å². The van der Waals surface area contributed by atoms with Gasteiger partial charge in [-0.25, -0.2) is 5.43 Å². The maximum Gasteiger partial charge on any atom is 0.273 e. The van der Waals surface area contributed by atoms with Crippen molar-refractivity contribution in [1.29, 1.82) is 0 Å². The number of hydrogen-bond acceptors (Lipinski definition) is 5. The molecule has 0 radical (unpaired) electrons. The summed E-state index contributed by atoms with van der Waals surface area (Å²) in [5.74, 6) is 0.972. The molecule has 1 amide bonds. The fraction of sp³-hybridized carbons (Fsp3) is 0.190. The molecule has 1 N–H and O–H groups in total. The molecule has 3 rings (SSSR count). The lowest BCUT2D eigenvalue weighted by molar-refractivity contribution is 0.0954. The molecule has 0 aliphatic carbocycles. The molecule has 0 saturated heterocycles. The van der Waals surface area contributed by atoms with E-state index in [4.69, 9.17) is 9.47 Å². The Bertz CT molecular complexity index is 1030. The Hall–Kier alpha value is -3.41. The number of nitrogens with one attached hydrogen (secondary N) is 1. The van der Waals surface area contributed by atoms with Gasteiger partial charge in [-0.1, -0.05) is 11.6 Å². The summed E-state index contributed by atoms with van der Waals surface area (Å²) in [6, 6.07) is 13.1. The van der Waals surface area contributed by atoms with Crippen LogP contribution in [0.3, 0.4) is 0 Å². The van der Waals surface area contributed by atoms with Crippen molar-refractivity contribution in [1.82, 2.24) is 10.4 Å². The molecule has 1 aromatic heterocycles. The van der Waals surface area contributed by atoms with Crippen LogP contribution in [-0.2, 0) is 0 Å². The van der Waals surface area contributed by atoms with E-state index in [0.29, 0.717) is 22.8 Å². The number of aromatic nitrogens is 1. The summed E-state index contributed by atoms with van der Waals surface area (Å²) in [6.45, 7) is 3.82. The molecule has 27 heavy (non-hydrogen) atoms. The van der Waals surface area contributed by atoms with Crippen molar-refractivity contribution >= 4 is 23.0 Å². The minimum atomic E-state index is -0.313. The number of nitrogens with zero attached hydrogens (tertiary/aromatic N) is 2. The lowest BCUT2D eigenvalue weighted by Crippen LogP contribution is -2.19. The van der Waals surface area contributed by atoms with E-state index in [9.17, 15) is 4.79 Å². The first-order valence-electron chi connectivity index (χ1n) is 8.45. The fourth-order valence-corrected chi connectivity index (χ4v) is 2.77. The van der Waals surface area contributed by atoms with Crippen molar-refractivity contribution in [2.45, 2.75) is 13.8 Å². The molecular weight excluding hydrogens is 342 g/mol. The van der Waals surface area contributed by atoms with Crippen LogP contribution in [0.15, 0.2) is 47.6 Å². The first-order valence-corrected chi connectivity index (χ1v) is 8.45. The van der Waals surface area contributed by atoms with Crippen LogP contribution in [0.2, 0.25) is 0 Å². The molecule has 6 nitrogen and oxygen atoms in total. The van der Waals surface area contributed by atoms with Crippen LogP contribution in [0.25, 0.3) is 10.9 Å². The average Bonchev–Trinajstić information content (AvgIpc) is 2.67. The number of benzene rings is 2. The molecule has 0 atom stereocenters. The number of rotatable bonds is 5. The number of fused-ring (bicyclic) bond motifs is 1. The van der Waals surface area contributed by atoms with Crippen molar-refractivity contribution < 1.29 is 14.3 Å². The van der Waals surface area contributed by atoms with E-state index >= 15 is 0 Å². The molecule has 2 aromatic carbocycles. The van der Waals surface area contributed by atoms with Gasteiger partial charge in [0.2, 0.25) is 0 Å². The molecule has 0 aliphatic heterocycles. The van der Waals surface area contributed by atoms with Crippen molar-refractivity contribution in [3.63, 3.8) is 0 Å². The fourth-order valence-electron chi connectivity index (χ4n) is 2.77. The first kappa shape index (κ1) is 18.4. The van der Waals surface area contributed by atoms with E-state index in [1.54, 1.807) is 32.4 Å². The Morgan fingerprint density at radius 2 is 1.89 bits per heavy atom. The summed E-state index contributed by atoms with van der Waals surface area (Å²) in [5, 5.41) is 4.97. The molecular formula is C21H21N3O3. The van der Waals surface area contributed by atoms with Crippen LogP contribution in [0.1, 0.15) is 27.2 Å². The second-order valence-corrected chi connectivity index (χ2v) is 6.12. The Balaban J connectivity index is 1.81. The normalized spacial score (nSPS) is 11.0. The van der Waals surface area contributed by atoms with Crippen molar-refractivity contribution in [3.8, 4) is 11.5 Å². The molecule has 0 spiro atoms. The predicted molar refractivity (Wildman–Crippen MR) is 106 cm³/mol. The van der Waals surface area contributed by atoms with Gasteiger partial charge in [-0.05, 0) is 44.2 Å². The highest BCUT2D eigenvalue weighted by Gasteiger charge is 2.11. The van der Waals surface area contributed by atoms with Crippen molar-refractivity contribution in [2.75, 3.05) is 14.2 Å². The zero-order valence-electron chi connectivity index (χ0n) is 15.7. The number of methoxy groups -OCH3 is 2. The van der Waals surface area contributed by atoms with Crippen molar-refractivity contribution in [2.24, 2.45) is 5.10 Å². The maximum atomic E-state index is 12.5. The number of ether oxygens (including phenoxy) is 2. The highest BCUT2D eigenvalue weighted by atomic mass is 16.5. The molecule has 138 valence electrons. The van der Waals surface area contributed by atoms with Gasteiger partial charge in [0.15, 0.2) is 0 Å². The minimum Gasteiger partial charge on any atom is -0.497 e. The standard InChI is InChI=1S/C21H21N3O3/c1-13-5-8-19-16(9-13)10-18(14(2)23-19)21(25)24-22-12-15-6-7-17(26-3)11-20(15)27-4/h5-12H,1-4H3,(H,24,25)/b22-12+. The second-order valence-electron chi connectivity index (χ2n) is 6.12. The Morgan fingerprint density at radius 3 is 2.63 bits per heavy atom. The predicted octanol–water partition coefficient (Wildman–Crippen LogP) is 3.63. The number of hydrogen-bond donors (Lipinski definition) is 1. The summed E-state index contributed by atoms with van der Waals surface area (Å²) in [7, 11) is 3.15. The van der Waals surface area contributed by atoms with Crippen molar-refractivity contribution in [3.05, 3.63) is 64.8 Å². The van der Waals surface area contributed by atoms with E-state index in [1.165, 1.54) is 6.21 Å². The topological polar surface area (TPSA) is 72.8 Å².